The van der Waals surface area contributed by atoms with Crippen molar-refractivity contribution in [3.63, 3.8) is 0 Å². The lowest BCUT2D eigenvalue weighted by Gasteiger charge is -2.21. The number of benzene rings is 2. The van der Waals surface area contributed by atoms with Crippen molar-refractivity contribution in [3.05, 3.63) is 71.4 Å². The number of aryl methyl sites for hydroxylation is 1. The molecule has 3 atom stereocenters. The maximum absolute atomic E-state index is 12.1. The number of rotatable bonds is 6. The molecule has 170 valence electrons. The molecule has 1 aliphatic carbocycles. The van der Waals surface area contributed by atoms with E-state index in [2.05, 4.69) is 22.3 Å². The number of hydrogen-bond donors (Lipinski definition) is 0. The predicted molar refractivity (Wildman–Crippen MR) is 126 cm³/mol. The average molecular weight is 445 g/mol. The van der Waals surface area contributed by atoms with E-state index >= 15 is 0 Å². The molecule has 1 aromatic heterocycles. The lowest BCUT2D eigenvalue weighted by atomic mass is 9.87. The van der Waals surface area contributed by atoms with E-state index in [0.29, 0.717) is 13.0 Å². The van der Waals surface area contributed by atoms with E-state index < -0.39 is 0 Å². The Hall–Kier alpha value is -3.41. The summed E-state index contributed by atoms with van der Waals surface area (Å²) in [5, 5.41) is 5.45. The second-order valence-corrected chi connectivity index (χ2v) is 8.86. The summed E-state index contributed by atoms with van der Waals surface area (Å²) in [6.45, 7) is 2.48. The molecule has 0 saturated heterocycles. The molecule has 1 fully saturated rings. The highest BCUT2D eigenvalue weighted by Crippen LogP contribution is 2.39. The van der Waals surface area contributed by atoms with Crippen molar-refractivity contribution in [1.29, 1.82) is 0 Å². The zero-order valence-corrected chi connectivity index (χ0v) is 19.0. The van der Waals surface area contributed by atoms with Gasteiger partial charge in [-0.15, -0.1) is 0 Å². The number of nitrogens with zero attached hydrogens (tertiary/aromatic N) is 2. The van der Waals surface area contributed by atoms with Crippen molar-refractivity contribution in [3.8, 4) is 5.75 Å². The molecule has 5 rings (SSSR count). The Labute approximate surface area is 193 Å². The first kappa shape index (κ1) is 21.4. The molecule has 0 radical (unpaired) electrons. The van der Waals surface area contributed by atoms with Crippen LogP contribution in [0, 0.1) is 18.8 Å². The number of aromatic nitrogens is 1. The number of para-hydroxylation sites is 1. The normalized spacial score (nSPS) is 22.1. The molecule has 1 aliphatic heterocycles. The Balaban J connectivity index is 1.22. The molecule has 2 heterocycles. The molecule has 1 unspecified atom stereocenters. The lowest BCUT2D eigenvalue weighted by Crippen LogP contribution is -2.30. The minimum Gasteiger partial charge on any atom is -0.489 e. The minimum absolute atomic E-state index is 0.0641. The molecule has 0 spiro atoms. The topological polar surface area (TPSA) is 70.0 Å². The summed E-state index contributed by atoms with van der Waals surface area (Å²) in [5.74, 6) is 0.751. The fraction of sp³-hybridized carbons (Fsp3) is 0.370. The van der Waals surface area contributed by atoms with Crippen LogP contribution in [0.25, 0.3) is 10.9 Å². The second-order valence-electron chi connectivity index (χ2n) is 8.86. The highest BCUT2D eigenvalue weighted by molar-refractivity contribution is 6.01. The van der Waals surface area contributed by atoms with Crippen molar-refractivity contribution in [2.24, 2.45) is 17.0 Å². The van der Waals surface area contributed by atoms with Gasteiger partial charge in [-0.3, -0.25) is 9.78 Å². The van der Waals surface area contributed by atoms with Crippen LogP contribution in [-0.4, -0.2) is 29.9 Å². The Morgan fingerprint density at radius 2 is 1.94 bits per heavy atom. The smallest absolute Gasteiger partial charge is 0.309 e. The van der Waals surface area contributed by atoms with Crippen LogP contribution in [0.4, 0.5) is 0 Å². The number of ether oxygens (including phenoxy) is 2. The van der Waals surface area contributed by atoms with Crippen molar-refractivity contribution < 1.29 is 19.1 Å². The summed E-state index contributed by atoms with van der Waals surface area (Å²) in [5.41, 5.74) is 5.01. The fourth-order valence-corrected chi connectivity index (χ4v) is 5.09. The van der Waals surface area contributed by atoms with Crippen LogP contribution >= 0.6 is 0 Å². The van der Waals surface area contributed by atoms with E-state index in [1.807, 2.05) is 49.4 Å². The van der Waals surface area contributed by atoms with Gasteiger partial charge < -0.3 is 14.3 Å². The summed E-state index contributed by atoms with van der Waals surface area (Å²) >= 11 is 0. The van der Waals surface area contributed by atoms with E-state index in [1.54, 1.807) is 0 Å². The number of methoxy groups -OCH3 is 1. The van der Waals surface area contributed by atoms with Gasteiger partial charge in [0, 0.05) is 29.0 Å². The van der Waals surface area contributed by atoms with E-state index in [9.17, 15) is 4.79 Å². The third kappa shape index (κ3) is 4.42. The van der Waals surface area contributed by atoms with Crippen LogP contribution in [0.15, 0.2) is 59.8 Å². The average Bonchev–Trinajstić information content (AvgIpc) is 3.52. The van der Waals surface area contributed by atoms with Gasteiger partial charge in [0.05, 0.1) is 24.3 Å². The number of carbonyl (C=O) groups excluding carboxylic acids is 1. The largest absolute Gasteiger partial charge is 0.489 e. The number of pyridine rings is 1. The summed E-state index contributed by atoms with van der Waals surface area (Å²) in [7, 11) is 1.46. The number of carbonyl (C=O) groups is 1. The van der Waals surface area contributed by atoms with Crippen molar-refractivity contribution in [1.82, 2.24) is 4.98 Å². The molecule has 1 saturated carbocycles. The summed E-state index contributed by atoms with van der Waals surface area (Å²) in [6.07, 6.45) is 3.51. The Bertz CT molecular complexity index is 1190. The molecule has 3 aromatic rings. The summed E-state index contributed by atoms with van der Waals surface area (Å²) < 4.78 is 11.1. The Morgan fingerprint density at radius 1 is 1.12 bits per heavy atom. The number of esters is 1. The number of oxime groups is 1. The van der Waals surface area contributed by atoms with Gasteiger partial charge in [0.2, 0.25) is 0 Å². The van der Waals surface area contributed by atoms with Crippen LogP contribution in [0.5, 0.6) is 5.75 Å². The van der Waals surface area contributed by atoms with Crippen molar-refractivity contribution in [2.75, 3.05) is 7.11 Å². The Morgan fingerprint density at radius 3 is 2.76 bits per heavy atom. The van der Waals surface area contributed by atoms with Crippen LogP contribution in [0.2, 0.25) is 0 Å². The van der Waals surface area contributed by atoms with Crippen LogP contribution in [0.3, 0.4) is 0 Å². The van der Waals surface area contributed by atoms with Crippen molar-refractivity contribution in [2.45, 2.75) is 45.3 Å². The standard InChI is InChI=1S/C27H28N2O4/c1-17-14-19(21-6-3-4-9-24(21)28-17)16-32-20-12-10-18(11-13-20)25-15-26(33-29-25)22-7-5-8-23(22)27(30)31-2/h3-4,6,9-14,22-23,26H,5,7-8,15-16H2,1-2H3/t22-,23+,26?/m1/s1. The van der Waals surface area contributed by atoms with Gasteiger partial charge in [-0.05, 0) is 61.7 Å². The van der Waals surface area contributed by atoms with E-state index in [4.69, 9.17) is 14.3 Å². The molecular weight excluding hydrogens is 416 g/mol. The van der Waals surface area contributed by atoms with Gasteiger partial charge >= 0.3 is 5.97 Å². The molecule has 0 bridgehead atoms. The van der Waals surface area contributed by atoms with Gasteiger partial charge in [-0.25, -0.2) is 0 Å². The summed E-state index contributed by atoms with van der Waals surface area (Å²) in [6, 6.07) is 18.2. The second kappa shape index (κ2) is 9.22. The minimum atomic E-state index is -0.131. The zero-order chi connectivity index (χ0) is 22.8. The van der Waals surface area contributed by atoms with Crippen LogP contribution in [-0.2, 0) is 21.0 Å². The zero-order valence-electron chi connectivity index (χ0n) is 19.0. The van der Waals surface area contributed by atoms with Gasteiger partial charge in [0.15, 0.2) is 0 Å². The maximum Gasteiger partial charge on any atom is 0.309 e. The van der Waals surface area contributed by atoms with Crippen LogP contribution in [0.1, 0.15) is 42.5 Å². The maximum atomic E-state index is 12.1. The third-order valence-corrected chi connectivity index (χ3v) is 6.76. The van der Waals surface area contributed by atoms with Crippen molar-refractivity contribution >= 4 is 22.6 Å². The van der Waals surface area contributed by atoms with Crippen LogP contribution < -0.4 is 4.74 Å². The molecule has 2 aromatic carbocycles. The lowest BCUT2D eigenvalue weighted by molar-refractivity contribution is -0.148. The molecule has 0 amide bonds. The SMILES string of the molecule is COC(=O)[C@H]1CCC[C@H]1C1CC(c2ccc(OCc3cc(C)nc4ccccc34)cc2)=NO1. The van der Waals surface area contributed by atoms with Gasteiger partial charge in [-0.1, -0.05) is 29.8 Å². The molecule has 33 heavy (non-hydrogen) atoms. The molecule has 2 aliphatic rings. The first-order valence-corrected chi connectivity index (χ1v) is 11.5. The van der Waals surface area contributed by atoms with Gasteiger partial charge in [0.25, 0.3) is 0 Å². The molecule has 6 heteroatoms. The monoisotopic (exact) mass is 444 g/mol. The van der Waals surface area contributed by atoms with E-state index in [1.165, 1.54) is 7.11 Å². The predicted octanol–water partition coefficient (Wildman–Crippen LogP) is 5.20. The first-order chi connectivity index (χ1) is 16.1. The van der Waals surface area contributed by atoms with E-state index in [-0.39, 0.29) is 23.9 Å². The molecule has 6 nitrogen and oxygen atoms in total. The molecule has 0 N–H and O–H groups in total. The quantitative estimate of drug-likeness (QED) is 0.489. The number of fused-ring (bicyclic) bond motifs is 1. The Kier molecular flexibility index (Phi) is 5.99. The highest BCUT2D eigenvalue weighted by Gasteiger charge is 2.42. The van der Waals surface area contributed by atoms with Gasteiger partial charge in [0.1, 0.15) is 18.5 Å². The first-order valence-electron chi connectivity index (χ1n) is 11.5. The highest BCUT2D eigenvalue weighted by atomic mass is 16.6. The fourth-order valence-electron chi connectivity index (χ4n) is 5.09. The summed E-state index contributed by atoms with van der Waals surface area (Å²) in [4.78, 5) is 22.4. The third-order valence-electron chi connectivity index (χ3n) is 6.76. The van der Waals surface area contributed by atoms with Gasteiger partial charge in [-0.2, -0.15) is 0 Å². The molecular formula is C27H28N2O4. The number of hydrogen-bond acceptors (Lipinski definition) is 6. The van der Waals surface area contributed by atoms with E-state index in [0.717, 1.165) is 58.4 Å².